The topological polar surface area (TPSA) is 46.1 Å². The number of amides is 1. The molecule has 1 aliphatic heterocycles. The third-order valence-electron chi connectivity index (χ3n) is 4.19. The van der Waals surface area contributed by atoms with E-state index >= 15 is 0 Å². The number of nitrogens with zero attached hydrogens (tertiary/aromatic N) is 3. The summed E-state index contributed by atoms with van der Waals surface area (Å²) in [7, 11) is 0. The number of halogens is 4. The summed E-state index contributed by atoms with van der Waals surface area (Å²) >= 11 is 6.72. The largest absolute Gasteiger partial charge is 0.443 e. The molecule has 1 amide bonds. The summed E-state index contributed by atoms with van der Waals surface area (Å²) in [6.07, 6.45) is -1.97. The van der Waals surface area contributed by atoms with Gasteiger partial charge in [0.15, 0.2) is 5.01 Å². The molecule has 4 nitrogen and oxygen atoms in total. The molecular weight excluding hydrogens is 399 g/mol. The van der Waals surface area contributed by atoms with E-state index in [9.17, 15) is 18.0 Å². The van der Waals surface area contributed by atoms with Gasteiger partial charge < -0.3 is 4.90 Å². The lowest BCUT2D eigenvalue weighted by Crippen LogP contribution is -2.23. The van der Waals surface area contributed by atoms with E-state index in [4.69, 9.17) is 11.6 Å². The summed E-state index contributed by atoms with van der Waals surface area (Å²) in [5.41, 5.74) is 2.54. The highest BCUT2D eigenvalue weighted by Gasteiger charge is 2.35. The molecule has 0 saturated carbocycles. The molecule has 0 fully saturated rings. The lowest BCUT2D eigenvalue weighted by molar-refractivity contribution is -0.137. The molecule has 0 bridgehead atoms. The van der Waals surface area contributed by atoms with Crippen molar-refractivity contribution in [3.05, 3.63) is 69.4 Å². The summed E-state index contributed by atoms with van der Waals surface area (Å²) in [5, 5.41) is -0.580. The van der Waals surface area contributed by atoms with Crippen molar-refractivity contribution >= 4 is 28.8 Å². The first-order chi connectivity index (χ1) is 12.8. The average molecular weight is 410 g/mol. The fraction of sp³-hybridized carbons (Fsp3) is 0.167. The summed E-state index contributed by atoms with van der Waals surface area (Å²) in [4.78, 5) is 22.0. The molecule has 3 aromatic rings. The van der Waals surface area contributed by atoms with Crippen LogP contribution in [0, 0.1) is 0 Å². The van der Waals surface area contributed by atoms with E-state index in [2.05, 4.69) is 9.97 Å². The van der Waals surface area contributed by atoms with Crippen molar-refractivity contribution in [3.63, 3.8) is 0 Å². The molecule has 0 radical (unpaired) electrons. The number of pyridine rings is 1. The molecule has 1 aliphatic rings. The van der Waals surface area contributed by atoms with Gasteiger partial charge in [-0.3, -0.25) is 9.78 Å². The standard InChI is InChI=1S/C18H11ClF3N3OS/c19-13-6-23-14(15-7-24-17(27-15)18(20,21)22)5-11(13)9-25-8-10-3-1-2-4-12(10)16(25)26/h1-7H,8-9H2. The molecule has 4 rings (SSSR count). The quantitative estimate of drug-likeness (QED) is 0.609. The Morgan fingerprint density at radius 1 is 1.19 bits per heavy atom. The van der Waals surface area contributed by atoms with Crippen LogP contribution in [0.4, 0.5) is 13.2 Å². The van der Waals surface area contributed by atoms with E-state index < -0.39 is 11.2 Å². The monoisotopic (exact) mass is 409 g/mol. The third-order valence-corrected chi connectivity index (χ3v) is 5.60. The molecule has 9 heteroatoms. The Hall–Kier alpha value is -2.45. The Bertz CT molecular complexity index is 1030. The van der Waals surface area contributed by atoms with E-state index in [1.807, 2.05) is 12.1 Å². The molecule has 1 aromatic carbocycles. The molecule has 0 saturated heterocycles. The second-order valence-electron chi connectivity index (χ2n) is 6.01. The van der Waals surface area contributed by atoms with Gasteiger partial charge in [-0.1, -0.05) is 29.8 Å². The molecule has 0 aliphatic carbocycles. The zero-order valence-electron chi connectivity index (χ0n) is 13.6. The summed E-state index contributed by atoms with van der Waals surface area (Å²) < 4.78 is 38.3. The number of fused-ring (bicyclic) bond motifs is 1. The number of hydrogen-bond donors (Lipinski definition) is 0. The highest BCUT2D eigenvalue weighted by Crippen LogP contribution is 2.36. The predicted molar refractivity (Wildman–Crippen MR) is 95.4 cm³/mol. The van der Waals surface area contributed by atoms with Gasteiger partial charge in [-0.25, -0.2) is 4.98 Å². The van der Waals surface area contributed by atoms with Crippen LogP contribution in [-0.4, -0.2) is 20.8 Å². The number of hydrogen-bond acceptors (Lipinski definition) is 4. The van der Waals surface area contributed by atoms with Crippen molar-refractivity contribution in [1.82, 2.24) is 14.9 Å². The minimum absolute atomic E-state index is 0.0998. The van der Waals surface area contributed by atoms with Gasteiger partial charge in [0.25, 0.3) is 5.91 Å². The summed E-state index contributed by atoms with van der Waals surface area (Å²) in [6, 6.07) is 8.94. The van der Waals surface area contributed by atoms with Gasteiger partial charge in [-0.05, 0) is 23.3 Å². The molecule has 0 N–H and O–H groups in total. The Balaban J connectivity index is 1.61. The second-order valence-corrected chi connectivity index (χ2v) is 7.44. The number of aromatic nitrogens is 2. The number of rotatable bonds is 3. The number of thiazole rings is 1. The van der Waals surface area contributed by atoms with Gasteiger partial charge in [-0.2, -0.15) is 13.2 Å². The molecule has 0 spiro atoms. The molecule has 3 heterocycles. The number of alkyl halides is 3. The van der Waals surface area contributed by atoms with Gasteiger partial charge in [0.1, 0.15) is 0 Å². The predicted octanol–water partition coefficient (Wildman–Crippen LogP) is 5.03. The molecular formula is C18H11ClF3N3OS. The Labute approximate surface area is 161 Å². The van der Waals surface area contributed by atoms with E-state index in [-0.39, 0.29) is 17.3 Å². The molecule has 0 atom stereocenters. The van der Waals surface area contributed by atoms with Crippen LogP contribution in [0.5, 0.6) is 0 Å². The van der Waals surface area contributed by atoms with Crippen LogP contribution >= 0.6 is 22.9 Å². The van der Waals surface area contributed by atoms with Gasteiger partial charge in [0, 0.05) is 31.0 Å². The van der Waals surface area contributed by atoms with E-state index in [0.717, 1.165) is 11.8 Å². The lowest BCUT2D eigenvalue weighted by Gasteiger charge is -2.17. The Morgan fingerprint density at radius 3 is 2.67 bits per heavy atom. The minimum Gasteiger partial charge on any atom is -0.330 e. The molecule has 27 heavy (non-hydrogen) atoms. The number of benzene rings is 1. The van der Waals surface area contributed by atoms with E-state index in [0.29, 0.717) is 39.7 Å². The highest BCUT2D eigenvalue weighted by atomic mass is 35.5. The highest BCUT2D eigenvalue weighted by molar-refractivity contribution is 7.15. The van der Waals surface area contributed by atoms with Crippen LogP contribution < -0.4 is 0 Å². The van der Waals surface area contributed by atoms with Crippen molar-refractivity contribution in [2.45, 2.75) is 19.3 Å². The summed E-state index contributed by atoms with van der Waals surface area (Å²) in [6.45, 7) is 0.703. The van der Waals surface area contributed by atoms with Gasteiger partial charge in [-0.15, -0.1) is 11.3 Å². The Kier molecular flexibility index (Phi) is 4.39. The zero-order valence-corrected chi connectivity index (χ0v) is 15.2. The van der Waals surface area contributed by atoms with E-state index in [1.54, 1.807) is 23.1 Å². The maximum atomic E-state index is 12.8. The maximum absolute atomic E-state index is 12.8. The fourth-order valence-electron chi connectivity index (χ4n) is 2.91. The smallest absolute Gasteiger partial charge is 0.330 e. The first-order valence-corrected chi connectivity index (χ1v) is 9.07. The van der Waals surface area contributed by atoms with Crippen LogP contribution in [0.1, 0.15) is 26.5 Å². The van der Waals surface area contributed by atoms with Gasteiger partial charge in [0.2, 0.25) is 0 Å². The molecule has 0 unspecified atom stereocenters. The lowest BCUT2D eigenvalue weighted by atomic mass is 10.1. The van der Waals surface area contributed by atoms with Crippen molar-refractivity contribution in [2.24, 2.45) is 0 Å². The number of carbonyl (C=O) groups excluding carboxylic acids is 1. The first-order valence-electron chi connectivity index (χ1n) is 7.88. The average Bonchev–Trinajstić information content (AvgIpc) is 3.23. The molecule has 138 valence electrons. The van der Waals surface area contributed by atoms with Crippen LogP contribution in [0.15, 0.2) is 42.7 Å². The van der Waals surface area contributed by atoms with Crippen LogP contribution in [0.3, 0.4) is 0 Å². The van der Waals surface area contributed by atoms with Crippen molar-refractivity contribution in [3.8, 4) is 10.6 Å². The third kappa shape index (κ3) is 3.42. The Morgan fingerprint density at radius 2 is 1.96 bits per heavy atom. The fourth-order valence-corrected chi connectivity index (χ4v) is 3.82. The normalized spacial score (nSPS) is 13.9. The van der Waals surface area contributed by atoms with Gasteiger partial charge in [0.05, 0.1) is 15.6 Å². The second kappa shape index (κ2) is 6.61. The van der Waals surface area contributed by atoms with Crippen LogP contribution in [-0.2, 0) is 19.3 Å². The van der Waals surface area contributed by atoms with Crippen LogP contribution in [0.2, 0.25) is 5.02 Å². The first kappa shape index (κ1) is 17.9. The van der Waals surface area contributed by atoms with Crippen molar-refractivity contribution < 1.29 is 18.0 Å². The maximum Gasteiger partial charge on any atom is 0.443 e. The van der Waals surface area contributed by atoms with Crippen LogP contribution in [0.25, 0.3) is 10.6 Å². The van der Waals surface area contributed by atoms with Gasteiger partial charge >= 0.3 is 6.18 Å². The van der Waals surface area contributed by atoms with E-state index in [1.165, 1.54) is 6.20 Å². The SMILES string of the molecule is O=C1c2ccccc2CN1Cc1cc(-c2cnc(C(F)(F)F)s2)ncc1Cl. The van der Waals surface area contributed by atoms with Crippen molar-refractivity contribution in [2.75, 3.05) is 0 Å². The number of carbonyl (C=O) groups is 1. The minimum atomic E-state index is -4.49. The van der Waals surface area contributed by atoms with Crippen molar-refractivity contribution in [1.29, 1.82) is 0 Å². The zero-order chi connectivity index (χ0) is 19.2. The molecule has 2 aromatic heterocycles. The summed E-state index contributed by atoms with van der Waals surface area (Å²) in [5.74, 6) is -0.0998.